The standard InChI is InChI=1S/C23H48NO2.BrH/c1-4-5-6-7-8-9-10-11-12-13-14-15-16-17-18-19-23(25)22-24(2,3)20-21-26-23;/h25H,4-22H2,1-3H3;1H/q+1;/p-1. The Morgan fingerprint density at radius 3 is 1.56 bits per heavy atom. The van der Waals surface area contributed by atoms with Gasteiger partial charge in [-0.05, 0) is 6.42 Å². The second-order valence-corrected chi connectivity index (χ2v) is 9.31. The monoisotopic (exact) mass is 449 g/mol. The maximum Gasteiger partial charge on any atom is 0.216 e. The lowest BCUT2D eigenvalue weighted by Gasteiger charge is -2.42. The molecular weight excluding hydrogens is 402 g/mol. The number of hydrogen-bond acceptors (Lipinski definition) is 2. The summed E-state index contributed by atoms with van der Waals surface area (Å²) in [5, 5.41) is 10.6. The molecule has 1 saturated heterocycles. The Morgan fingerprint density at radius 1 is 0.741 bits per heavy atom. The number of hydrogen-bond donors (Lipinski definition) is 1. The van der Waals surface area contributed by atoms with Crippen LogP contribution in [0, 0.1) is 0 Å². The average Bonchev–Trinajstić information content (AvgIpc) is 2.57. The van der Waals surface area contributed by atoms with E-state index in [9.17, 15) is 5.11 Å². The van der Waals surface area contributed by atoms with Crippen LogP contribution < -0.4 is 17.0 Å². The minimum Gasteiger partial charge on any atom is -1.00 e. The molecule has 1 unspecified atom stereocenters. The van der Waals surface area contributed by atoms with Gasteiger partial charge in [-0.25, -0.2) is 0 Å². The van der Waals surface area contributed by atoms with Gasteiger partial charge in [-0.2, -0.15) is 0 Å². The Labute approximate surface area is 180 Å². The average molecular weight is 451 g/mol. The molecule has 164 valence electrons. The molecule has 0 spiro atoms. The summed E-state index contributed by atoms with van der Waals surface area (Å²) in [6, 6.07) is 0. The molecule has 1 fully saturated rings. The molecule has 0 aliphatic carbocycles. The summed E-state index contributed by atoms with van der Waals surface area (Å²) in [5.41, 5.74) is 0. The van der Waals surface area contributed by atoms with Crippen LogP contribution in [0.25, 0.3) is 0 Å². The van der Waals surface area contributed by atoms with E-state index in [1.807, 2.05) is 0 Å². The first-order valence-electron chi connectivity index (χ1n) is 11.7. The van der Waals surface area contributed by atoms with Crippen LogP contribution >= 0.6 is 0 Å². The molecule has 1 aliphatic rings. The van der Waals surface area contributed by atoms with Crippen molar-refractivity contribution in [2.75, 3.05) is 33.8 Å². The SMILES string of the molecule is CCCCCCCCCCCCCCCCCC1(O)C[N+](C)(C)CCO1.[Br-]. The largest absolute Gasteiger partial charge is 1.00 e. The van der Waals surface area contributed by atoms with Crippen molar-refractivity contribution in [3.63, 3.8) is 0 Å². The van der Waals surface area contributed by atoms with Crippen molar-refractivity contribution in [1.29, 1.82) is 0 Å². The number of likely N-dealkylation sites (N-methyl/N-ethyl adjacent to an activating group) is 1. The number of rotatable bonds is 16. The topological polar surface area (TPSA) is 29.5 Å². The highest BCUT2D eigenvalue weighted by molar-refractivity contribution is 4.70. The first-order valence-corrected chi connectivity index (χ1v) is 11.7. The highest BCUT2D eigenvalue weighted by Crippen LogP contribution is 2.24. The molecule has 0 bridgehead atoms. The third kappa shape index (κ3) is 14.9. The number of halogens is 1. The molecule has 0 radical (unpaired) electrons. The third-order valence-corrected chi connectivity index (χ3v) is 5.91. The smallest absolute Gasteiger partial charge is 0.216 e. The van der Waals surface area contributed by atoms with Crippen LogP contribution in [0.1, 0.15) is 110 Å². The summed E-state index contributed by atoms with van der Waals surface area (Å²) in [7, 11) is 4.36. The number of aliphatic hydroxyl groups is 1. The summed E-state index contributed by atoms with van der Waals surface area (Å²) in [4.78, 5) is 0. The van der Waals surface area contributed by atoms with Gasteiger partial charge in [0.25, 0.3) is 0 Å². The minimum atomic E-state index is -0.877. The Hall–Kier alpha value is 0.360. The van der Waals surface area contributed by atoms with Gasteiger partial charge in [0.05, 0.1) is 20.7 Å². The Kier molecular flexibility index (Phi) is 16.4. The van der Waals surface area contributed by atoms with Crippen molar-refractivity contribution in [1.82, 2.24) is 0 Å². The maximum absolute atomic E-state index is 10.6. The number of nitrogens with zero attached hydrogens (tertiary/aromatic N) is 1. The highest BCUT2D eigenvalue weighted by atomic mass is 79.9. The Balaban J connectivity index is 0.00000676. The number of quaternary nitrogens is 1. The van der Waals surface area contributed by atoms with E-state index in [1.54, 1.807) is 0 Å². The van der Waals surface area contributed by atoms with Gasteiger partial charge in [0.1, 0.15) is 13.1 Å². The molecule has 0 aromatic carbocycles. The summed E-state index contributed by atoms with van der Waals surface area (Å²) < 4.78 is 6.53. The normalized spacial score (nSPS) is 21.8. The zero-order chi connectivity index (χ0) is 19.1. The van der Waals surface area contributed by atoms with Crippen molar-refractivity contribution in [3.8, 4) is 0 Å². The zero-order valence-corrected chi connectivity index (χ0v) is 20.2. The van der Waals surface area contributed by atoms with E-state index in [0.29, 0.717) is 6.61 Å². The van der Waals surface area contributed by atoms with E-state index >= 15 is 0 Å². The van der Waals surface area contributed by atoms with Gasteiger partial charge >= 0.3 is 0 Å². The van der Waals surface area contributed by atoms with Gasteiger partial charge in [-0.3, -0.25) is 0 Å². The quantitative estimate of drug-likeness (QED) is 0.289. The number of unbranched alkanes of at least 4 members (excludes halogenated alkanes) is 14. The van der Waals surface area contributed by atoms with Gasteiger partial charge < -0.3 is 31.3 Å². The van der Waals surface area contributed by atoms with Crippen LogP contribution in [0.15, 0.2) is 0 Å². The van der Waals surface area contributed by atoms with E-state index in [4.69, 9.17) is 4.74 Å². The van der Waals surface area contributed by atoms with Crippen LogP contribution in [-0.2, 0) is 4.74 Å². The fourth-order valence-corrected chi connectivity index (χ4v) is 4.20. The van der Waals surface area contributed by atoms with E-state index in [1.165, 1.54) is 89.9 Å². The van der Waals surface area contributed by atoms with Crippen LogP contribution in [0.3, 0.4) is 0 Å². The van der Waals surface area contributed by atoms with E-state index in [2.05, 4.69) is 21.0 Å². The van der Waals surface area contributed by atoms with Crippen LogP contribution in [0.5, 0.6) is 0 Å². The van der Waals surface area contributed by atoms with Gasteiger partial charge in [-0.15, -0.1) is 0 Å². The molecule has 0 aromatic heterocycles. The van der Waals surface area contributed by atoms with Crippen LogP contribution in [0.4, 0.5) is 0 Å². The van der Waals surface area contributed by atoms with Crippen molar-refractivity contribution < 1.29 is 31.3 Å². The lowest BCUT2D eigenvalue weighted by Crippen LogP contribution is -3.00. The third-order valence-electron chi connectivity index (χ3n) is 5.91. The Bertz CT molecular complexity index is 338. The summed E-state index contributed by atoms with van der Waals surface area (Å²) in [5.74, 6) is -0.877. The van der Waals surface area contributed by atoms with E-state index in [-0.39, 0.29) is 17.0 Å². The van der Waals surface area contributed by atoms with Gasteiger partial charge in [-0.1, -0.05) is 96.8 Å². The molecule has 27 heavy (non-hydrogen) atoms. The van der Waals surface area contributed by atoms with Crippen molar-refractivity contribution >= 4 is 0 Å². The predicted octanol–water partition coefficient (Wildman–Crippen LogP) is 3.05. The zero-order valence-electron chi connectivity index (χ0n) is 18.6. The summed E-state index contributed by atoms with van der Waals surface area (Å²) in [6.45, 7) is 4.70. The lowest BCUT2D eigenvalue weighted by molar-refractivity contribution is -0.911. The molecule has 1 N–H and O–H groups in total. The first-order chi connectivity index (χ1) is 12.5. The van der Waals surface area contributed by atoms with E-state index < -0.39 is 5.79 Å². The molecule has 0 saturated carbocycles. The highest BCUT2D eigenvalue weighted by Gasteiger charge is 2.39. The molecule has 0 aromatic rings. The van der Waals surface area contributed by atoms with Gasteiger partial charge in [0.2, 0.25) is 5.79 Å². The van der Waals surface area contributed by atoms with Crippen molar-refractivity contribution in [2.45, 2.75) is 115 Å². The molecule has 3 nitrogen and oxygen atoms in total. The minimum absolute atomic E-state index is 0. The van der Waals surface area contributed by atoms with Gasteiger partial charge in [0, 0.05) is 6.42 Å². The lowest BCUT2D eigenvalue weighted by atomic mass is 10.0. The first kappa shape index (κ1) is 27.4. The van der Waals surface area contributed by atoms with Crippen LogP contribution in [-0.4, -0.2) is 49.2 Å². The van der Waals surface area contributed by atoms with Crippen molar-refractivity contribution in [3.05, 3.63) is 0 Å². The van der Waals surface area contributed by atoms with Gasteiger partial charge in [0.15, 0.2) is 0 Å². The molecule has 0 amide bonds. The summed E-state index contributed by atoms with van der Waals surface area (Å²) >= 11 is 0. The molecule has 1 heterocycles. The van der Waals surface area contributed by atoms with Crippen molar-refractivity contribution in [2.24, 2.45) is 0 Å². The number of ether oxygens (including phenoxy) is 1. The molecule has 4 heteroatoms. The van der Waals surface area contributed by atoms with Crippen LogP contribution in [0.2, 0.25) is 0 Å². The molecule has 1 atom stereocenters. The second kappa shape index (κ2) is 16.2. The Morgan fingerprint density at radius 2 is 1.15 bits per heavy atom. The number of morpholine rings is 1. The molecule has 1 aliphatic heterocycles. The molecular formula is C23H48BrNO2. The fourth-order valence-electron chi connectivity index (χ4n) is 4.20. The maximum atomic E-state index is 10.6. The summed E-state index contributed by atoms with van der Waals surface area (Å²) in [6.07, 6.45) is 21.5. The second-order valence-electron chi connectivity index (χ2n) is 9.31. The molecule has 1 rings (SSSR count). The fraction of sp³-hybridized carbons (Fsp3) is 1.00. The predicted molar refractivity (Wildman–Crippen MR) is 112 cm³/mol. The van der Waals surface area contributed by atoms with E-state index in [0.717, 1.165) is 30.4 Å².